The highest BCUT2D eigenvalue weighted by Gasteiger charge is 2.17. The predicted octanol–water partition coefficient (Wildman–Crippen LogP) is 5.19. The number of thioether (sulfide) groups is 1. The Morgan fingerprint density at radius 3 is 2.89 bits per heavy atom. The molecule has 0 spiro atoms. The number of hydrogen-bond donors (Lipinski definition) is 2. The third kappa shape index (κ3) is 4.59. The molecular weight excluding hydrogens is 379 g/mol. The van der Waals surface area contributed by atoms with Crippen molar-refractivity contribution in [3.8, 4) is 0 Å². The summed E-state index contributed by atoms with van der Waals surface area (Å²) in [6.07, 6.45) is 2.02. The summed E-state index contributed by atoms with van der Waals surface area (Å²) in [7, 11) is 0. The van der Waals surface area contributed by atoms with E-state index in [4.69, 9.17) is 0 Å². The van der Waals surface area contributed by atoms with Crippen LogP contribution in [0, 0.1) is 5.82 Å². The molecule has 4 rings (SSSR count). The van der Waals surface area contributed by atoms with Crippen molar-refractivity contribution >= 4 is 49.3 Å². The molecule has 2 aromatic carbocycles. The molecule has 0 saturated carbocycles. The Bertz CT molecular complexity index is 952. The number of amidine groups is 1. The van der Waals surface area contributed by atoms with E-state index in [9.17, 15) is 4.39 Å². The van der Waals surface area contributed by atoms with E-state index in [2.05, 4.69) is 51.8 Å². The Hall–Kier alpha value is -2.12. The topological polar surface area (TPSA) is 49.3 Å². The van der Waals surface area contributed by atoms with Crippen molar-refractivity contribution in [2.75, 3.05) is 17.6 Å². The number of rotatable bonds is 6. The lowest BCUT2D eigenvalue weighted by atomic mass is 10.1. The van der Waals surface area contributed by atoms with Crippen molar-refractivity contribution in [2.24, 2.45) is 4.99 Å². The molecule has 3 aromatic rings. The Kier molecular flexibility index (Phi) is 5.59. The summed E-state index contributed by atoms with van der Waals surface area (Å²) in [6, 6.07) is 13.6. The van der Waals surface area contributed by atoms with E-state index in [1.54, 1.807) is 17.8 Å². The molecule has 1 fully saturated rings. The lowest BCUT2D eigenvalue weighted by molar-refractivity contribution is 0.630. The van der Waals surface area contributed by atoms with Crippen LogP contribution in [0.5, 0.6) is 0 Å². The van der Waals surface area contributed by atoms with E-state index in [0.717, 1.165) is 51.3 Å². The lowest BCUT2D eigenvalue weighted by Gasteiger charge is -2.05. The van der Waals surface area contributed by atoms with Gasteiger partial charge in [0, 0.05) is 18.3 Å². The van der Waals surface area contributed by atoms with Crippen molar-refractivity contribution < 1.29 is 4.39 Å². The number of anilines is 1. The fourth-order valence-corrected chi connectivity index (χ4v) is 4.88. The second kappa shape index (κ2) is 8.27. The molecule has 0 amide bonds. The van der Waals surface area contributed by atoms with E-state index < -0.39 is 0 Å². The first-order valence-electron chi connectivity index (χ1n) is 9.06. The van der Waals surface area contributed by atoms with Gasteiger partial charge in [0.15, 0.2) is 10.3 Å². The number of aromatic nitrogens is 1. The van der Waals surface area contributed by atoms with Gasteiger partial charge in [-0.1, -0.05) is 42.2 Å². The number of nitrogens with one attached hydrogen (secondary N) is 2. The van der Waals surface area contributed by atoms with Gasteiger partial charge in [0.05, 0.1) is 15.9 Å². The average molecular weight is 401 g/mol. The molecule has 0 radical (unpaired) electrons. The molecule has 1 unspecified atom stereocenters. The van der Waals surface area contributed by atoms with Crippen LogP contribution in [0.1, 0.15) is 18.9 Å². The van der Waals surface area contributed by atoms with Gasteiger partial charge in [0.1, 0.15) is 5.82 Å². The van der Waals surface area contributed by atoms with E-state index in [0.29, 0.717) is 6.04 Å². The molecule has 0 aliphatic carbocycles. The molecular formula is C20H21FN4S2. The van der Waals surface area contributed by atoms with Crippen LogP contribution < -0.4 is 10.6 Å². The Morgan fingerprint density at radius 1 is 1.26 bits per heavy atom. The van der Waals surface area contributed by atoms with Crippen LogP contribution in [0.25, 0.3) is 10.2 Å². The largest absolute Gasteiger partial charge is 0.361 e. The van der Waals surface area contributed by atoms with Crippen LogP contribution in [0.2, 0.25) is 0 Å². The Labute approximate surface area is 166 Å². The monoisotopic (exact) mass is 400 g/mol. The number of hydrogen-bond acceptors (Lipinski definition) is 5. The quantitative estimate of drug-likeness (QED) is 0.598. The van der Waals surface area contributed by atoms with Crippen molar-refractivity contribution in [1.82, 2.24) is 10.3 Å². The summed E-state index contributed by atoms with van der Waals surface area (Å²) < 4.78 is 14.1. The van der Waals surface area contributed by atoms with E-state index >= 15 is 0 Å². The third-order valence-electron chi connectivity index (χ3n) is 4.45. The fraction of sp³-hybridized carbons (Fsp3) is 0.300. The maximum absolute atomic E-state index is 13.3. The molecule has 1 aromatic heterocycles. The predicted molar refractivity (Wildman–Crippen MR) is 115 cm³/mol. The molecule has 140 valence electrons. The van der Waals surface area contributed by atoms with Gasteiger partial charge in [-0.25, -0.2) is 14.4 Å². The first kappa shape index (κ1) is 18.3. The second-order valence-electron chi connectivity index (χ2n) is 6.45. The molecule has 1 atom stereocenters. The molecule has 2 N–H and O–H groups in total. The van der Waals surface area contributed by atoms with Gasteiger partial charge in [-0.2, -0.15) is 0 Å². The minimum Gasteiger partial charge on any atom is -0.361 e. The van der Waals surface area contributed by atoms with E-state index in [1.807, 2.05) is 0 Å². The zero-order chi connectivity index (χ0) is 18.6. The van der Waals surface area contributed by atoms with Crippen molar-refractivity contribution in [3.63, 3.8) is 0 Å². The molecule has 7 heteroatoms. The van der Waals surface area contributed by atoms with Crippen molar-refractivity contribution in [1.29, 1.82) is 0 Å². The van der Waals surface area contributed by atoms with Gasteiger partial charge in [-0.15, -0.1) is 0 Å². The Balaban J connectivity index is 1.31. The van der Waals surface area contributed by atoms with Gasteiger partial charge in [-0.3, -0.25) is 0 Å². The van der Waals surface area contributed by atoms with Crippen LogP contribution in [0.4, 0.5) is 15.2 Å². The number of fused-ring (bicyclic) bond motifs is 1. The van der Waals surface area contributed by atoms with Crippen LogP contribution in [0.15, 0.2) is 47.5 Å². The average Bonchev–Trinajstić information content (AvgIpc) is 3.29. The SMILES string of the molecule is CCC1CS/C(=N\c2ccc(CCNc3nc4ccc(F)cc4s3)cc2)N1. The second-order valence-corrected chi connectivity index (χ2v) is 8.49. The van der Waals surface area contributed by atoms with Crippen LogP contribution >= 0.6 is 23.1 Å². The number of aliphatic imine (C=N–C) groups is 1. The summed E-state index contributed by atoms with van der Waals surface area (Å²) >= 11 is 3.27. The molecule has 1 saturated heterocycles. The van der Waals surface area contributed by atoms with Gasteiger partial charge >= 0.3 is 0 Å². The molecule has 1 aliphatic heterocycles. The van der Waals surface area contributed by atoms with Crippen LogP contribution in [-0.2, 0) is 6.42 Å². The van der Waals surface area contributed by atoms with Crippen LogP contribution in [-0.4, -0.2) is 28.5 Å². The van der Waals surface area contributed by atoms with E-state index in [1.165, 1.54) is 29.0 Å². The summed E-state index contributed by atoms with van der Waals surface area (Å²) in [5, 5.41) is 8.62. The summed E-state index contributed by atoms with van der Waals surface area (Å²) in [6.45, 7) is 2.97. The van der Waals surface area contributed by atoms with Crippen molar-refractivity contribution in [2.45, 2.75) is 25.8 Å². The number of thiazole rings is 1. The molecule has 2 heterocycles. The minimum atomic E-state index is -0.224. The maximum Gasteiger partial charge on any atom is 0.183 e. The minimum absolute atomic E-state index is 0.224. The molecule has 4 nitrogen and oxygen atoms in total. The summed E-state index contributed by atoms with van der Waals surface area (Å²) in [4.78, 5) is 9.15. The summed E-state index contributed by atoms with van der Waals surface area (Å²) in [5.74, 6) is 0.870. The highest BCUT2D eigenvalue weighted by Crippen LogP contribution is 2.26. The van der Waals surface area contributed by atoms with Gasteiger partial charge < -0.3 is 10.6 Å². The number of halogens is 1. The molecule has 27 heavy (non-hydrogen) atoms. The fourth-order valence-electron chi connectivity index (χ4n) is 2.86. The van der Waals surface area contributed by atoms with E-state index in [-0.39, 0.29) is 5.82 Å². The standard InChI is InChI=1S/C20H21FN4S2/c1-2-15-12-26-20(23-15)24-16-6-3-13(4-7-16)9-10-22-19-25-17-8-5-14(21)11-18(17)27-19/h3-8,11,15H,2,9-10,12H2,1H3,(H,22,25)(H,23,24). The van der Waals surface area contributed by atoms with Crippen LogP contribution in [0.3, 0.4) is 0 Å². The molecule has 0 bridgehead atoms. The van der Waals surface area contributed by atoms with Gasteiger partial charge in [0.2, 0.25) is 0 Å². The number of benzene rings is 2. The smallest absolute Gasteiger partial charge is 0.183 e. The zero-order valence-corrected chi connectivity index (χ0v) is 16.7. The van der Waals surface area contributed by atoms with Gasteiger partial charge in [0.25, 0.3) is 0 Å². The number of nitrogens with zero attached hydrogens (tertiary/aromatic N) is 2. The normalized spacial score (nSPS) is 18.1. The van der Waals surface area contributed by atoms with Gasteiger partial charge in [-0.05, 0) is 48.7 Å². The first-order chi connectivity index (χ1) is 13.2. The maximum atomic E-state index is 13.3. The highest BCUT2D eigenvalue weighted by molar-refractivity contribution is 8.14. The summed E-state index contributed by atoms with van der Waals surface area (Å²) in [5.41, 5.74) is 3.06. The third-order valence-corrected chi connectivity index (χ3v) is 6.48. The molecule has 1 aliphatic rings. The Morgan fingerprint density at radius 2 is 2.11 bits per heavy atom. The zero-order valence-electron chi connectivity index (χ0n) is 15.0. The lowest BCUT2D eigenvalue weighted by Crippen LogP contribution is -2.25. The highest BCUT2D eigenvalue weighted by atomic mass is 32.2. The van der Waals surface area contributed by atoms with Crippen molar-refractivity contribution in [3.05, 3.63) is 53.8 Å². The first-order valence-corrected chi connectivity index (χ1v) is 10.9.